The molecule has 3 unspecified atom stereocenters. The van der Waals surface area contributed by atoms with Crippen molar-refractivity contribution in [1.29, 1.82) is 0 Å². The van der Waals surface area contributed by atoms with Gasteiger partial charge in [-0.3, -0.25) is 4.79 Å². The fourth-order valence-electron chi connectivity index (χ4n) is 4.90. The molecular weight excluding hydrogens is 510 g/mol. The fraction of sp³-hybridized carbons (Fsp3) is 0.806. The molecule has 0 saturated heterocycles. The number of hydrogen-bond donors (Lipinski definition) is 4. The van der Waals surface area contributed by atoms with Gasteiger partial charge >= 0.3 is 0 Å². The van der Waals surface area contributed by atoms with Gasteiger partial charge in [0.15, 0.2) is 0 Å². The normalized spacial score (nSPS) is 14.4. The molecule has 0 spiro atoms. The number of nitrogens with one attached hydrogen (secondary N) is 1. The van der Waals surface area contributed by atoms with Crippen LogP contribution in [0.3, 0.4) is 0 Å². The van der Waals surface area contributed by atoms with E-state index < -0.39 is 24.2 Å². The Morgan fingerprint density at radius 2 is 1.00 bits per heavy atom. The molecule has 0 heterocycles. The molecule has 0 aromatic carbocycles. The minimum atomic E-state index is -1.11. The van der Waals surface area contributed by atoms with Crippen LogP contribution in [-0.2, 0) is 4.79 Å². The van der Waals surface area contributed by atoms with Gasteiger partial charge in [-0.05, 0) is 57.8 Å². The molecule has 3 atom stereocenters. The first-order valence-corrected chi connectivity index (χ1v) is 17.3. The minimum Gasteiger partial charge on any atom is -0.394 e. The summed E-state index contributed by atoms with van der Waals surface area (Å²) in [5.74, 6) is -0.526. The number of unbranched alkanes of at least 4 members (excludes halogenated alkanes) is 18. The quantitative estimate of drug-likeness (QED) is 0.0507. The predicted octanol–water partition coefficient (Wildman–Crippen LogP) is 8.87. The Labute approximate surface area is 254 Å². The van der Waals surface area contributed by atoms with Gasteiger partial charge in [-0.1, -0.05) is 140 Å². The summed E-state index contributed by atoms with van der Waals surface area (Å²) in [6.45, 7) is 4.10. The van der Waals surface area contributed by atoms with Crippen molar-refractivity contribution >= 4 is 5.91 Å². The molecule has 5 nitrogen and oxygen atoms in total. The van der Waals surface area contributed by atoms with E-state index >= 15 is 0 Å². The number of allylic oxidation sites excluding steroid dienone is 5. The summed E-state index contributed by atoms with van der Waals surface area (Å²) < 4.78 is 0. The van der Waals surface area contributed by atoms with Crippen molar-refractivity contribution in [3.8, 4) is 0 Å². The number of rotatable bonds is 30. The van der Waals surface area contributed by atoms with Gasteiger partial charge in [0, 0.05) is 0 Å². The third-order valence-corrected chi connectivity index (χ3v) is 7.70. The largest absolute Gasteiger partial charge is 0.394 e. The molecule has 0 bridgehead atoms. The minimum absolute atomic E-state index is 0.381. The van der Waals surface area contributed by atoms with Crippen molar-refractivity contribution in [1.82, 2.24) is 5.32 Å². The number of amides is 1. The predicted molar refractivity (Wildman–Crippen MR) is 176 cm³/mol. The van der Waals surface area contributed by atoms with E-state index in [1.807, 2.05) is 6.08 Å². The monoisotopic (exact) mass is 578 g/mol. The third-order valence-electron chi connectivity index (χ3n) is 7.70. The Kier molecular flexibility index (Phi) is 30.4. The lowest BCUT2D eigenvalue weighted by Crippen LogP contribution is -2.48. The van der Waals surface area contributed by atoms with Crippen LogP contribution in [0.4, 0.5) is 0 Å². The molecule has 0 aliphatic heterocycles. The zero-order chi connectivity index (χ0) is 30.2. The molecule has 0 aliphatic rings. The lowest BCUT2D eigenvalue weighted by Gasteiger charge is -2.21. The highest BCUT2D eigenvalue weighted by atomic mass is 16.3. The molecule has 240 valence electrons. The van der Waals surface area contributed by atoms with Crippen LogP contribution in [0.5, 0.6) is 0 Å². The zero-order valence-corrected chi connectivity index (χ0v) is 26.9. The van der Waals surface area contributed by atoms with Crippen LogP contribution < -0.4 is 5.32 Å². The van der Waals surface area contributed by atoms with Crippen LogP contribution in [0.2, 0.25) is 0 Å². The summed E-state index contributed by atoms with van der Waals surface area (Å²) in [4.78, 5) is 12.3. The van der Waals surface area contributed by atoms with Crippen LogP contribution in [0.1, 0.15) is 162 Å². The van der Waals surface area contributed by atoms with Crippen molar-refractivity contribution in [3.63, 3.8) is 0 Å². The van der Waals surface area contributed by atoms with E-state index in [0.29, 0.717) is 6.42 Å². The molecule has 4 N–H and O–H groups in total. The summed E-state index contributed by atoms with van der Waals surface area (Å²) in [5.41, 5.74) is 0. The van der Waals surface area contributed by atoms with Gasteiger partial charge in [-0.2, -0.15) is 0 Å². The van der Waals surface area contributed by atoms with E-state index in [-0.39, 0.29) is 6.61 Å². The van der Waals surface area contributed by atoms with Crippen molar-refractivity contribution in [3.05, 3.63) is 36.5 Å². The highest BCUT2D eigenvalue weighted by Crippen LogP contribution is 2.12. The van der Waals surface area contributed by atoms with Crippen molar-refractivity contribution in [2.45, 2.75) is 180 Å². The molecule has 0 radical (unpaired) electrons. The lowest BCUT2D eigenvalue weighted by molar-refractivity contribution is -0.131. The first-order valence-electron chi connectivity index (χ1n) is 17.3. The van der Waals surface area contributed by atoms with Gasteiger partial charge in [0.05, 0.1) is 18.8 Å². The maximum absolute atomic E-state index is 12.3. The maximum Gasteiger partial charge on any atom is 0.249 e. The zero-order valence-electron chi connectivity index (χ0n) is 26.9. The molecule has 0 saturated carbocycles. The van der Waals surface area contributed by atoms with Gasteiger partial charge < -0.3 is 20.6 Å². The van der Waals surface area contributed by atoms with Gasteiger partial charge in [0.1, 0.15) is 6.10 Å². The molecule has 5 heteroatoms. The van der Waals surface area contributed by atoms with Crippen molar-refractivity contribution in [2.75, 3.05) is 6.61 Å². The van der Waals surface area contributed by atoms with Crippen molar-refractivity contribution < 1.29 is 20.1 Å². The van der Waals surface area contributed by atoms with Crippen LogP contribution in [0.25, 0.3) is 0 Å². The Morgan fingerprint density at radius 3 is 1.51 bits per heavy atom. The number of carbonyl (C=O) groups excluding carboxylic acids is 1. The molecule has 0 aromatic rings. The molecule has 0 aromatic heterocycles. The Morgan fingerprint density at radius 1 is 0.585 bits per heavy atom. The summed E-state index contributed by atoms with van der Waals surface area (Å²) in [6, 6.07) is -0.815. The standard InChI is InChI=1S/C36H67NO4/c1-3-5-7-9-11-13-15-16-17-18-19-20-21-23-25-27-29-31-35(40)36(41)37-33(32-38)34(39)30-28-26-24-22-14-12-10-8-6-4-2/h14,19-20,22,28,30,33-35,38-40H,3-13,15-18,21,23-27,29,31-32H2,1-2H3,(H,37,41)/b20-19-,22-14+,30-28+. The van der Waals surface area contributed by atoms with Gasteiger partial charge in [-0.25, -0.2) is 0 Å². The van der Waals surface area contributed by atoms with E-state index in [1.165, 1.54) is 89.9 Å². The molecule has 41 heavy (non-hydrogen) atoms. The second-order valence-electron chi connectivity index (χ2n) is 11.7. The van der Waals surface area contributed by atoms with Crippen molar-refractivity contribution in [2.24, 2.45) is 0 Å². The Balaban J connectivity index is 3.80. The van der Waals surface area contributed by atoms with E-state index in [1.54, 1.807) is 6.08 Å². The molecule has 0 fully saturated rings. The SMILES string of the molecule is CCCCCC/C=C/CC/C=C/C(O)C(CO)NC(=O)C(O)CCCCCC/C=C\CCCCCCCCCCC. The molecular formula is C36H67NO4. The maximum atomic E-state index is 12.3. The third kappa shape index (κ3) is 27.2. The van der Waals surface area contributed by atoms with Crippen LogP contribution in [0, 0.1) is 0 Å². The summed E-state index contributed by atoms with van der Waals surface area (Å²) >= 11 is 0. The van der Waals surface area contributed by atoms with Gasteiger partial charge in [-0.15, -0.1) is 0 Å². The Bertz CT molecular complexity index is 645. The van der Waals surface area contributed by atoms with Crippen LogP contribution in [0.15, 0.2) is 36.5 Å². The molecule has 0 aliphatic carbocycles. The second kappa shape index (κ2) is 31.5. The first kappa shape index (κ1) is 39.6. The van der Waals surface area contributed by atoms with Gasteiger partial charge in [0.2, 0.25) is 5.91 Å². The van der Waals surface area contributed by atoms with Crippen LogP contribution >= 0.6 is 0 Å². The van der Waals surface area contributed by atoms with E-state index in [4.69, 9.17) is 0 Å². The first-order chi connectivity index (χ1) is 20.1. The second-order valence-corrected chi connectivity index (χ2v) is 11.7. The number of hydrogen-bond acceptors (Lipinski definition) is 4. The molecule has 0 rings (SSSR count). The smallest absolute Gasteiger partial charge is 0.249 e. The van der Waals surface area contributed by atoms with Crippen LogP contribution in [-0.4, -0.2) is 46.1 Å². The van der Waals surface area contributed by atoms with E-state index in [2.05, 4.69) is 43.5 Å². The van der Waals surface area contributed by atoms with E-state index in [9.17, 15) is 20.1 Å². The van der Waals surface area contributed by atoms with Gasteiger partial charge in [0.25, 0.3) is 0 Å². The highest BCUT2D eigenvalue weighted by Gasteiger charge is 2.22. The number of aliphatic hydroxyl groups excluding tert-OH is 3. The average molecular weight is 578 g/mol. The lowest BCUT2D eigenvalue weighted by atomic mass is 10.1. The Hall–Kier alpha value is -1.43. The highest BCUT2D eigenvalue weighted by molar-refractivity contribution is 5.80. The fourth-order valence-corrected chi connectivity index (χ4v) is 4.90. The number of carbonyl (C=O) groups is 1. The summed E-state index contributed by atoms with van der Waals surface area (Å²) in [5, 5.41) is 32.8. The molecule has 1 amide bonds. The van der Waals surface area contributed by atoms with E-state index in [0.717, 1.165) is 51.4 Å². The summed E-state index contributed by atoms with van der Waals surface area (Å²) in [6.07, 6.45) is 37.3. The average Bonchev–Trinajstić information content (AvgIpc) is 2.98. The number of aliphatic hydroxyl groups is 3. The summed E-state index contributed by atoms with van der Waals surface area (Å²) in [7, 11) is 0. The topological polar surface area (TPSA) is 89.8 Å².